The zero-order valence-corrected chi connectivity index (χ0v) is 11.6. The van der Waals surface area contributed by atoms with Crippen LogP contribution in [0, 0.1) is 11.3 Å². The summed E-state index contributed by atoms with van der Waals surface area (Å²) < 4.78 is 6.08. The minimum absolute atomic E-state index is 0.465. The Balaban J connectivity index is 1.94. The van der Waals surface area contributed by atoms with Crippen molar-refractivity contribution in [3.8, 4) is 0 Å². The van der Waals surface area contributed by atoms with Crippen molar-refractivity contribution in [1.29, 1.82) is 0 Å². The van der Waals surface area contributed by atoms with Gasteiger partial charge in [0, 0.05) is 18.6 Å². The Morgan fingerprint density at radius 3 is 2.71 bits per heavy atom. The summed E-state index contributed by atoms with van der Waals surface area (Å²) in [6.07, 6.45) is 9.94. The highest BCUT2D eigenvalue weighted by atomic mass is 16.5. The monoisotopic (exact) mass is 239 g/mol. The van der Waals surface area contributed by atoms with Crippen LogP contribution in [-0.4, -0.2) is 25.8 Å². The third-order valence-corrected chi connectivity index (χ3v) is 4.48. The molecule has 0 bridgehead atoms. The summed E-state index contributed by atoms with van der Waals surface area (Å²) in [6.45, 7) is 7.89. The van der Waals surface area contributed by atoms with Gasteiger partial charge in [0.15, 0.2) is 0 Å². The quantitative estimate of drug-likeness (QED) is 0.656. The fourth-order valence-corrected chi connectivity index (χ4v) is 3.33. The molecule has 1 N–H and O–H groups in total. The second-order valence-corrected chi connectivity index (χ2v) is 6.02. The second-order valence-electron chi connectivity index (χ2n) is 6.02. The van der Waals surface area contributed by atoms with Crippen LogP contribution in [0.25, 0.3) is 0 Å². The first-order valence-corrected chi connectivity index (χ1v) is 7.64. The maximum absolute atomic E-state index is 6.08. The molecule has 1 saturated carbocycles. The first-order valence-electron chi connectivity index (χ1n) is 7.64. The Morgan fingerprint density at radius 2 is 2.06 bits per heavy atom. The van der Waals surface area contributed by atoms with E-state index in [-0.39, 0.29) is 0 Å². The van der Waals surface area contributed by atoms with Gasteiger partial charge in [-0.3, -0.25) is 0 Å². The molecule has 0 spiro atoms. The van der Waals surface area contributed by atoms with E-state index in [1.807, 2.05) is 0 Å². The van der Waals surface area contributed by atoms with Gasteiger partial charge in [-0.25, -0.2) is 0 Å². The molecular formula is C15H29NO. The molecule has 2 heteroatoms. The highest BCUT2D eigenvalue weighted by molar-refractivity contribution is 5.00. The standard InChI is InChI=1S/C15H29NO/c1-3-5-8-15(12-16-10-4-2)9-11-17-14(15)13-6-7-13/h13-14,16H,3-12H2,1-2H3. The van der Waals surface area contributed by atoms with Gasteiger partial charge in [0.25, 0.3) is 0 Å². The number of hydrogen-bond acceptors (Lipinski definition) is 2. The lowest BCUT2D eigenvalue weighted by Gasteiger charge is -2.35. The van der Waals surface area contributed by atoms with Gasteiger partial charge in [0.2, 0.25) is 0 Å². The highest BCUT2D eigenvalue weighted by Crippen LogP contribution is 2.49. The van der Waals surface area contributed by atoms with E-state index in [2.05, 4.69) is 19.2 Å². The molecule has 100 valence electrons. The summed E-state index contributed by atoms with van der Waals surface area (Å²) >= 11 is 0. The van der Waals surface area contributed by atoms with Gasteiger partial charge in [0.1, 0.15) is 0 Å². The SMILES string of the molecule is CCCCC1(CNCCC)CCOC1C1CC1. The smallest absolute Gasteiger partial charge is 0.0672 e. The Kier molecular flexibility index (Phi) is 4.87. The summed E-state index contributed by atoms with van der Waals surface area (Å²) in [6, 6.07) is 0. The molecule has 2 nitrogen and oxygen atoms in total. The maximum Gasteiger partial charge on any atom is 0.0672 e. The molecular weight excluding hydrogens is 210 g/mol. The van der Waals surface area contributed by atoms with Crippen molar-refractivity contribution in [2.75, 3.05) is 19.7 Å². The molecule has 2 fully saturated rings. The predicted molar refractivity (Wildman–Crippen MR) is 72.2 cm³/mol. The van der Waals surface area contributed by atoms with E-state index in [1.54, 1.807) is 0 Å². The molecule has 17 heavy (non-hydrogen) atoms. The van der Waals surface area contributed by atoms with Crippen LogP contribution in [0.1, 0.15) is 58.8 Å². The summed E-state index contributed by atoms with van der Waals surface area (Å²) in [5.41, 5.74) is 0.465. The van der Waals surface area contributed by atoms with Crippen LogP contribution in [-0.2, 0) is 4.74 Å². The molecule has 0 amide bonds. The average Bonchev–Trinajstić information content (AvgIpc) is 3.10. The van der Waals surface area contributed by atoms with E-state index in [4.69, 9.17) is 4.74 Å². The molecule has 0 radical (unpaired) electrons. The number of nitrogens with one attached hydrogen (secondary N) is 1. The first kappa shape index (κ1) is 13.4. The molecule has 2 unspecified atom stereocenters. The summed E-state index contributed by atoms with van der Waals surface area (Å²) in [5.74, 6) is 0.887. The van der Waals surface area contributed by atoms with Gasteiger partial charge in [-0.1, -0.05) is 26.7 Å². The molecule has 1 aliphatic carbocycles. The zero-order valence-electron chi connectivity index (χ0n) is 11.6. The van der Waals surface area contributed by atoms with Gasteiger partial charge in [-0.2, -0.15) is 0 Å². The van der Waals surface area contributed by atoms with E-state index in [9.17, 15) is 0 Å². The van der Waals surface area contributed by atoms with Gasteiger partial charge >= 0.3 is 0 Å². The lowest BCUT2D eigenvalue weighted by atomic mass is 9.74. The minimum Gasteiger partial charge on any atom is -0.377 e. The van der Waals surface area contributed by atoms with Gasteiger partial charge < -0.3 is 10.1 Å². The predicted octanol–water partition coefficient (Wildman–Crippen LogP) is 3.36. The van der Waals surface area contributed by atoms with Crippen LogP contribution in [0.5, 0.6) is 0 Å². The Labute approximate surface area is 107 Å². The van der Waals surface area contributed by atoms with Crippen molar-refractivity contribution >= 4 is 0 Å². The van der Waals surface area contributed by atoms with Gasteiger partial charge in [-0.15, -0.1) is 0 Å². The summed E-state index contributed by atoms with van der Waals surface area (Å²) in [4.78, 5) is 0. The number of hydrogen-bond donors (Lipinski definition) is 1. The van der Waals surface area contributed by atoms with Gasteiger partial charge in [0.05, 0.1) is 6.10 Å². The zero-order chi connectivity index (χ0) is 12.1. The number of ether oxygens (including phenoxy) is 1. The lowest BCUT2D eigenvalue weighted by Crippen LogP contribution is -2.42. The van der Waals surface area contributed by atoms with Crippen molar-refractivity contribution in [2.24, 2.45) is 11.3 Å². The topological polar surface area (TPSA) is 21.3 Å². The number of rotatable bonds is 8. The molecule has 1 heterocycles. The lowest BCUT2D eigenvalue weighted by molar-refractivity contribution is 0.0256. The maximum atomic E-state index is 6.08. The minimum atomic E-state index is 0.465. The molecule has 0 aromatic carbocycles. The van der Waals surface area contributed by atoms with Crippen LogP contribution in [0.2, 0.25) is 0 Å². The van der Waals surface area contributed by atoms with E-state index in [0.29, 0.717) is 11.5 Å². The van der Waals surface area contributed by atoms with Crippen LogP contribution in [0.3, 0.4) is 0 Å². The van der Waals surface area contributed by atoms with Crippen molar-refractivity contribution in [2.45, 2.75) is 64.9 Å². The molecule has 1 aliphatic heterocycles. The van der Waals surface area contributed by atoms with E-state index in [1.165, 1.54) is 51.5 Å². The Bertz CT molecular complexity index is 227. The summed E-state index contributed by atoms with van der Waals surface area (Å²) in [7, 11) is 0. The Morgan fingerprint density at radius 1 is 1.24 bits per heavy atom. The molecule has 2 rings (SSSR count). The fourth-order valence-electron chi connectivity index (χ4n) is 3.33. The molecule has 0 aromatic rings. The van der Waals surface area contributed by atoms with Crippen molar-refractivity contribution in [1.82, 2.24) is 5.32 Å². The largest absolute Gasteiger partial charge is 0.377 e. The van der Waals surface area contributed by atoms with Crippen LogP contribution >= 0.6 is 0 Å². The van der Waals surface area contributed by atoms with E-state index >= 15 is 0 Å². The molecule has 0 aromatic heterocycles. The van der Waals surface area contributed by atoms with Crippen LogP contribution in [0.15, 0.2) is 0 Å². The Hall–Kier alpha value is -0.0800. The summed E-state index contributed by atoms with van der Waals surface area (Å²) in [5, 5.41) is 3.66. The van der Waals surface area contributed by atoms with Crippen molar-refractivity contribution in [3.05, 3.63) is 0 Å². The third-order valence-electron chi connectivity index (χ3n) is 4.48. The van der Waals surface area contributed by atoms with E-state index < -0.39 is 0 Å². The first-order chi connectivity index (χ1) is 8.32. The average molecular weight is 239 g/mol. The highest BCUT2D eigenvalue weighted by Gasteiger charge is 2.49. The van der Waals surface area contributed by atoms with Crippen molar-refractivity contribution < 1.29 is 4.74 Å². The van der Waals surface area contributed by atoms with E-state index in [0.717, 1.165) is 19.1 Å². The van der Waals surface area contributed by atoms with Crippen LogP contribution < -0.4 is 5.32 Å². The fraction of sp³-hybridized carbons (Fsp3) is 1.00. The van der Waals surface area contributed by atoms with Gasteiger partial charge in [-0.05, 0) is 44.6 Å². The molecule has 2 aliphatic rings. The molecule has 2 atom stereocenters. The second kappa shape index (κ2) is 6.19. The number of unbranched alkanes of at least 4 members (excludes halogenated alkanes) is 1. The third kappa shape index (κ3) is 3.23. The van der Waals surface area contributed by atoms with Crippen LogP contribution in [0.4, 0.5) is 0 Å². The molecule has 1 saturated heterocycles. The normalized spacial score (nSPS) is 33.2. The van der Waals surface area contributed by atoms with Crippen molar-refractivity contribution in [3.63, 3.8) is 0 Å².